The van der Waals surface area contributed by atoms with E-state index in [1.807, 2.05) is 24.3 Å². The molecule has 0 bridgehead atoms. The molecule has 2 aliphatic heterocycles. The Morgan fingerprint density at radius 3 is 2.87 bits per heavy atom. The lowest BCUT2D eigenvalue weighted by molar-refractivity contribution is 0.173. The number of fused-ring (bicyclic) bond motifs is 1. The zero-order chi connectivity index (χ0) is 21.8. The molecule has 10 heteroatoms. The van der Waals surface area contributed by atoms with Gasteiger partial charge in [0.05, 0.1) is 6.26 Å². The standard InChI is InChI=1S/C21H25N3O6S/c1-31(26,27)23-17-6-3-9-24(12-17)21(25)22-16-5-2-4-15(10-16)13-28-18-7-8-19-20(11-18)30-14-29-19/h2,4-5,7-8,10-11,17,23H,3,6,9,12-14H2,1H3,(H,22,25)/t17-/m1/s1. The van der Waals surface area contributed by atoms with Gasteiger partial charge < -0.3 is 24.4 Å². The van der Waals surface area contributed by atoms with Gasteiger partial charge in [0, 0.05) is 30.9 Å². The van der Waals surface area contributed by atoms with Crippen LogP contribution in [0.4, 0.5) is 10.5 Å². The average molecular weight is 448 g/mol. The third kappa shape index (κ3) is 5.80. The summed E-state index contributed by atoms with van der Waals surface area (Å²) in [4.78, 5) is 14.3. The number of hydrogen-bond acceptors (Lipinski definition) is 6. The van der Waals surface area contributed by atoms with Crippen LogP contribution in [-0.4, -0.2) is 51.5 Å². The molecular formula is C21H25N3O6S. The molecule has 31 heavy (non-hydrogen) atoms. The number of ether oxygens (including phenoxy) is 3. The summed E-state index contributed by atoms with van der Waals surface area (Å²) < 4.78 is 42.0. The second kappa shape index (κ2) is 9.03. The molecule has 0 spiro atoms. The molecule has 1 atom stereocenters. The van der Waals surface area contributed by atoms with Crippen LogP contribution in [0.25, 0.3) is 0 Å². The number of likely N-dealkylation sites (tertiary alicyclic amines) is 1. The van der Waals surface area contributed by atoms with Crippen molar-refractivity contribution in [3.05, 3.63) is 48.0 Å². The van der Waals surface area contributed by atoms with Crippen molar-refractivity contribution in [2.75, 3.05) is 31.5 Å². The number of carbonyl (C=O) groups excluding carboxylic acids is 1. The molecule has 2 aromatic carbocycles. The van der Waals surface area contributed by atoms with Crippen LogP contribution in [0.2, 0.25) is 0 Å². The van der Waals surface area contributed by atoms with Crippen molar-refractivity contribution in [2.24, 2.45) is 0 Å². The minimum Gasteiger partial charge on any atom is -0.489 e. The van der Waals surface area contributed by atoms with E-state index in [-0.39, 0.29) is 18.9 Å². The predicted molar refractivity (Wildman–Crippen MR) is 115 cm³/mol. The molecule has 0 aliphatic carbocycles. The molecule has 2 N–H and O–H groups in total. The van der Waals surface area contributed by atoms with Gasteiger partial charge in [0.25, 0.3) is 0 Å². The van der Waals surface area contributed by atoms with Gasteiger partial charge >= 0.3 is 6.03 Å². The first-order valence-corrected chi connectivity index (χ1v) is 11.9. The second-order valence-electron chi connectivity index (χ2n) is 7.61. The van der Waals surface area contributed by atoms with Crippen LogP contribution in [-0.2, 0) is 16.6 Å². The summed E-state index contributed by atoms with van der Waals surface area (Å²) >= 11 is 0. The first-order valence-electron chi connectivity index (χ1n) is 10.0. The lowest BCUT2D eigenvalue weighted by atomic mass is 10.1. The van der Waals surface area contributed by atoms with Crippen LogP contribution in [0.5, 0.6) is 17.2 Å². The highest BCUT2D eigenvalue weighted by molar-refractivity contribution is 7.88. The molecule has 166 valence electrons. The van der Waals surface area contributed by atoms with E-state index in [0.717, 1.165) is 18.2 Å². The molecule has 1 fully saturated rings. The van der Waals surface area contributed by atoms with Crippen molar-refractivity contribution in [1.82, 2.24) is 9.62 Å². The lowest BCUT2D eigenvalue weighted by Crippen LogP contribution is -2.50. The molecule has 4 rings (SSSR count). The van der Waals surface area contributed by atoms with Gasteiger partial charge in [-0.15, -0.1) is 0 Å². The molecule has 2 aliphatic rings. The maximum atomic E-state index is 12.7. The Morgan fingerprint density at radius 2 is 2.03 bits per heavy atom. The van der Waals surface area contributed by atoms with Crippen LogP contribution < -0.4 is 24.2 Å². The Labute approximate surface area is 181 Å². The van der Waals surface area contributed by atoms with Gasteiger partial charge in [-0.3, -0.25) is 0 Å². The number of nitrogens with one attached hydrogen (secondary N) is 2. The number of anilines is 1. The van der Waals surface area contributed by atoms with Gasteiger partial charge in [-0.25, -0.2) is 17.9 Å². The highest BCUT2D eigenvalue weighted by Gasteiger charge is 2.25. The summed E-state index contributed by atoms with van der Waals surface area (Å²) in [6, 6.07) is 12.3. The van der Waals surface area contributed by atoms with Gasteiger partial charge in [0.15, 0.2) is 11.5 Å². The second-order valence-corrected chi connectivity index (χ2v) is 9.39. The summed E-state index contributed by atoms with van der Waals surface area (Å²) in [7, 11) is -3.31. The number of carbonyl (C=O) groups is 1. The van der Waals surface area contributed by atoms with Crippen molar-refractivity contribution in [3.63, 3.8) is 0 Å². The molecule has 0 unspecified atom stereocenters. The zero-order valence-corrected chi connectivity index (χ0v) is 18.0. The first kappa shape index (κ1) is 21.3. The molecule has 9 nitrogen and oxygen atoms in total. The van der Waals surface area contributed by atoms with Crippen molar-refractivity contribution in [1.29, 1.82) is 0 Å². The molecule has 1 saturated heterocycles. The summed E-state index contributed by atoms with van der Waals surface area (Å²) in [5.41, 5.74) is 1.54. The Morgan fingerprint density at radius 1 is 1.19 bits per heavy atom. The number of amides is 2. The van der Waals surface area contributed by atoms with Gasteiger partial charge in [0.2, 0.25) is 16.8 Å². The highest BCUT2D eigenvalue weighted by atomic mass is 32.2. The number of sulfonamides is 1. The van der Waals surface area contributed by atoms with Gasteiger partial charge in [-0.05, 0) is 42.7 Å². The number of benzene rings is 2. The minimum absolute atomic E-state index is 0.211. The fourth-order valence-corrected chi connectivity index (χ4v) is 4.43. The van der Waals surface area contributed by atoms with E-state index in [1.54, 1.807) is 23.1 Å². The highest BCUT2D eigenvalue weighted by Crippen LogP contribution is 2.35. The molecule has 2 amide bonds. The monoisotopic (exact) mass is 447 g/mol. The van der Waals surface area contributed by atoms with Gasteiger partial charge in [0.1, 0.15) is 12.4 Å². The number of rotatable bonds is 6. The smallest absolute Gasteiger partial charge is 0.321 e. The van der Waals surface area contributed by atoms with E-state index in [4.69, 9.17) is 14.2 Å². The Balaban J connectivity index is 1.33. The van der Waals surface area contributed by atoms with E-state index in [9.17, 15) is 13.2 Å². The summed E-state index contributed by atoms with van der Waals surface area (Å²) in [5.74, 6) is 2.02. The van der Waals surface area contributed by atoms with E-state index >= 15 is 0 Å². The van der Waals surface area contributed by atoms with E-state index in [0.29, 0.717) is 49.1 Å². The van der Waals surface area contributed by atoms with E-state index in [2.05, 4.69) is 10.0 Å². The lowest BCUT2D eigenvalue weighted by Gasteiger charge is -2.32. The third-order valence-corrected chi connectivity index (χ3v) is 5.78. The quantitative estimate of drug-likeness (QED) is 0.705. The Hall–Kier alpha value is -2.98. The summed E-state index contributed by atoms with van der Waals surface area (Å²) in [5, 5.41) is 2.89. The third-order valence-electron chi connectivity index (χ3n) is 5.02. The van der Waals surface area contributed by atoms with Crippen LogP contribution in [0, 0.1) is 0 Å². The molecule has 0 radical (unpaired) electrons. The number of piperidine rings is 1. The average Bonchev–Trinajstić information content (AvgIpc) is 3.19. The number of hydrogen-bond donors (Lipinski definition) is 2. The van der Waals surface area contributed by atoms with Crippen molar-refractivity contribution in [2.45, 2.75) is 25.5 Å². The van der Waals surface area contributed by atoms with E-state index in [1.165, 1.54) is 0 Å². The normalized spacial score (nSPS) is 18.0. The van der Waals surface area contributed by atoms with Crippen molar-refractivity contribution in [3.8, 4) is 17.2 Å². The Kier molecular flexibility index (Phi) is 6.19. The van der Waals surface area contributed by atoms with Gasteiger partial charge in [-0.1, -0.05) is 12.1 Å². The molecule has 2 aromatic rings. The van der Waals surface area contributed by atoms with Crippen LogP contribution in [0.1, 0.15) is 18.4 Å². The van der Waals surface area contributed by atoms with Gasteiger partial charge in [-0.2, -0.15) is 0 Å². The zero-order valence-electron chi connectivity index (χ0n) is 17.2. The van der Waals surface area contributed by atoms with Crippen LogP contribution in [0.15, 0.2) is 42.5 Å². The van der Waals surface area contributed by atoms with Crippen LogP contribution >= 0.6 is 0 Å². The van der Waals surface area contributed by atoms with E-state index < -0.39 is 10.0 Å². The van der Waals surface area contributed by atoms with Crippen LogP contribution in [0.3, 0.4) is 0 Å². The predicted octanol–water partition coefficient (Wildman–Crippen LogP) is 2.54. The fourth-order valence-electron chi connectivity index (χ4n) is 3.64. The molecular weight excluding hydrogens is 422 g/mol. The maximum absolute atomic E-state index is 12.7. The maximum Gasteiger partial charge on any atom is 0.321 e. The first-order chi connectivity index (χ1) is 14.9. The topological polar surface area (TPSA) is 106 Å². The number of urea groups is 1. The SMILES string of the molecule is CS(=O)(=O)N[C@@H]1CCCN(C(=O)Nc2cccc(COc3ccc4c(c3)OCO4)c2)C1. The van der Waals surface area contributed by atoms with Crippen molar-refractivity contribution >= 4 is 21.7 Å². The largest absolute Gasteiger partial charge is 0.489 e. The summed E-state index contributed by atoms with van der Waals surface area (Å²) in [6.45, 7) is 1.46. The van der Waals surface area contributed by atoms with Crippen molar-refractivity contribution < 1.29 is 27.4 Å². The fraction of sp³-hybridized carbons (Fsp3) is 0.381. The minimum atomic E-state index is -3.31. The molecule has 0 saturated carbocycles. The molecule has 0 aromatic heterocycles. The molecule has 2 heterocycles. The summed E-state index contributed by atoms with van der Waals surface area (Å²) in [6.07, 6.45) is 2.58. The Bertz CT molecular complexity index is 1060. The number of nitrogens with zero attached hydrogens (tertiary/aromatic N) is 1.